The van der Waals surface area contributed by atoms with E-state index in [0.717, 1.165) is 0 Å². The first-order valence-electron chi connectivity index (χ1n) is 5.91. The fourth-order valence-electron chi connectivity index (χ4n) is 1.43. The summed E-state index contributed by atoms with van der Waals surface area (Å²) in [7, 11) is 1.80. The van der Waals surface area contributed by atoms with Crippen molar-refractivity contribution in [2.24, 2.45) is 0 Å². The SMILES string of the molecule is CCNc1nc(N(C)CCO)nc(-n2cncn2)n1. The highest BCUT2D eigenvalue weighted by molar-refractivity contribution is 5.39. The van der Waals surface area contributed by atoms with Gasteiger partial charge in [-0.15, -0.1) is 0 Å². The molecule has 2 heterocycles. The zero-order valence-electron chi connectivity index (χ0n) is 10.9. The predicted octanol–water partition coefficient (Wildman–Crippen LogP) is -0.687. The van der Waals surface area contributed by atoms with Gasteiger partial charge in [-0.2, -0.15) is 24.7 Å². The number of aliphatic hydroxyl groups is 1. The fourth-order valence-corrected chi connectivity index (χ4v) is 1.43. The van der Waals surface area contributed by atoms with E-state index in [9.17, 15) is 0 Å². The van der Waals surface area contributed by atoms with Crippen LogP contribution in [0, 0.1) is 0 Å². The second kappa shape index (κ2) is 6.05. The van der Waals surface area contributed by atoms with E-state index in [0.29, 0.717) is 30.9 Å². The number of aromatic nitrogens is 6. The van der Waals surface area contributed by atoms with E-state index in [4.69, 9.17) is 5.11 Å². The number of aliphatic hydroxyl groups excluding tert-OH is 1. The molecule has 0 fully saturated rings. The molecule has 2 N–H and O–H groups in total. The van der Waals surface area contributed by atoms with E-state index in [1.165, 1.54) is 17.3 Å². The topological polar surface area (TPSA) is 105 Å². The molecule has 0 aliphatic rings. The highest BCUT2D eigenvalue weighted by atomic mass is 16.3. The minimum Gasteiger partial charge on any atom is -0.395 e. The Labute approximate surface area is 110 Å². The molecule has 2 rings (SSSR count). The monoisotopic (exact) mass is 264 g/mol. The molecule has 9 nitrogen and oxygen atoms in total. The zero-order chi connectivity index (χ0) is 13.7. The largest absolute Gasteiger partial charge is 0.395 e. The van der Waals surface area contributed by atoms with Crippen LogP contribution in [0.1, 0.15) is 6.92 Å². The fraction of sp³-hybridized carbons (Fsp3) is 0.500. The molecular weight excluding hydrogens is 248 g/mol. The molecule has 102 valence electrons. The average molecular weight is 264 g/mol. The molecule has 19 heavy (non-hydrogen) atoms. The average Bonchev–Trinajstić information content (AvgIpc) is 2.93. The molecule has 0 bridgehead atoms. The molecule has 0 aliphatic heterocycles. The molecule has 0 aromatic carbocycles. The number of nitrogens with one attached hydrogen (secondary N) is 1. The van der Waals surface area contributed by atoms with Crippen LogP contribution in [-0.4, -0.2) is 61.6 Å². The molecule has 0 saturated heterocycles. The highest BCUT2D eigenvalue weighted by Crippen LogP contribution is 2.11. The van der Waals surface area contributed by atoms with Crippen LogP contribution in [0.25, 0.3) is 5.95 Å². The van der Waals surface area contributed by atoms with Crippen molar-refractivity contribution < 1.29 is 5.11 Å². The van der Waals surface area contributed by atoms with Crippen molar-refractivity contribution >= 4 is 11.9 Å². The van der Waals surface area contributed by atoms with Crippen molar-refractivity contribution in [2.75, 3.05) is 37.0 Å². The van der Waals surface area contributed by atoms with E-state index >= 15 is 0 Å². The van der Waals surface area contributed by atoms with Gasteiger partial charge in [0.05, 0.1) is 6.61 Å². The van der Waals surface area contributed by atoms with Crippen LogP contribution in [0.4, 0.5) is 11.9 Å². The summed E-state index contributed by atoms with van der Waals surface area (Å²) >= 11 is 0. The molecule has 2 aromatic heterocycles. The van der Waals surface area contributed by atoms with Gasteiger partial charge in [-0.1, -0.05) is 0 Å². The Morgan fingerprint density at radius 1 is 1.37 bits per heavy atom. The number of nitrogens with zero attached hydrogens (tertiary/aromatic N) is 7. The van der Waals surface area contributed by atoms with Crippen LogP contribution in [0.15, 0.2) is 12.7 Å². The van der Waals surface area contributed by atoms with Gasteiger partial charge in [-0.05, 0) is 6.92 Å². The van der Waals surface area contributed by atoms with Crippen LogP contribution in [0.2, 0.25) is 0 Å². The minimum absolute atomic E-state index is 0.0252. The van der Waals surface area contributed by atoms with Crippen molar-refractivity contribution in [1.29, 1.82) is 0 Å². The van der Waals surface area contributed by atoms with Crippen LogP contribution in [-0.2, 0) is 0 Å². The summed E-state index contributed by atoms with van der Waals surface area (Å²) in [5, 5.41) is 16.0. The van der Waals surface area contributed by atoms with Crippen LogP contribution >= 0.6 is 0 Å². The minimum atomic E-state index is 0.0252. The molecule has 0 amide bonds. The Morgan fingerprint density at radius 3 is 2.84 bits per heavy atom. The maximum Gasteiger partial charge on any atom is 0.258 e. The van der Waals surface area contributed by atoms with Crippen LogP contribution in [0.3, 0.4) is 0 Å². The quantitative estimate of drug-likeness (QED) is 0.706. The highest BCUT2D eigenvalue weighted by Gasteiger charge is 2.11. The van der Waals surface area contributed by atoms with Gasteiger partial charge in [-0.3, -0.25) is 0 Å². The first kappa shape index (κ1) is 13.1. The third-order valence-electron chi connectivity index (χ3n) is 2.35. The van der Waals surface area contributed by atoms with E-state index in [1.54, 1.807) is 11.9 Å². The van der Waals surface area contributed by atoms with E-state index in [2.05, 4.69) is 30.4 Å². The number of hydrogen-bond acceptors (Lipinski definition) is 8. The summed E-state index contributed by atoms with van der Waals surface area (Å²) in [6.45, 7) is 3.11. The third-order valence-corrected chi connectivity index (χ3v) is 2.35. The third kappa shape index (κ3) is 3.13. The standard InChI is InChI=1S/C10H16N8O/c1-3-12-8-14-9(17(2)4-5-19)16-10(15-8)18-7-11-6-13-18/h6-7,19H,3-5H2,1-2H3,(H,12,14,15,16). The predicted molar refractivity (Wildman–Crippen MR) is 69.3 cm³/mol. The Kier molecular flexibility index (Phi) is 4.18. The van der Waals surface area contributed by atoms with Gasteiger partial charge in [0.25, 0.3) is 5.95 Å². The summed E-state index contributed by atoms with van der Waals surface area (Å²) < 4.78 is 1.46. The Morgan fingerprint density at radius 2 is 2.21 bits per heavy atom. The van der Waals surface area contributed by atoms with Gasteiger partial charge in [0.15, 0.2) is 0 Å². The number of rotatable bonds is 6. The van der Waals surface area contributed by atoms with Gasteiger partial charge in [0, 0.05) is 20.1 Å². The summed E-state index contributed by atoms with van der Waals surface area (Å²) in [5.74, 6) is 1.30. The van der Waals surface area contributed by atoms with Gasteiger partial charge in [0.1, 0.15) is 12.7 Å². The molecule has 0 radical (unpaired) electrons. The first-order valence-corrected chi connectivity index (χ1v) is 5.91. The number of anilines is 2. The normalized spacial score (nSPS) is 10.5. The second-order valence-corrected chi connectivity index (χ2v) is 3.77. The Balaban J connectivity index is 2.37. The lowest BCUT2D eigenvalue weighted by Crippen LogP contribution is -2.25. The van der Waals surface area contributed by atoms with E-state index in [1.807, 2.05) is 6.92 Å². The summed E-state index contributed by atoms with van der Waals surface area (Å²) in [6, 6.07) is 0. The maximum atomic E-state index is 8.97. The number of likely N-dealkylation sites (N-methyl/N-ethyl adjacent to an activating group) is 1. The van der Waals surface area contributed by atoms with Crippen LogP contribution < -0.4 is 10.2 Å². The van der Waals surface area contributed by atoms with E-state index in [-0.39, 0.29) is 6.61 Å². The van der Waals surface area contributed by atoms with Gasteiger partial charge in [0.2, 0.25) is 11.9 Å². The molecule has 0 spiro atoms. The molecule has 0 atom stereocenters. The Bertz CT molecular complexity index is 514. The van der Waals surface area contributed by atoms with E-state index < -0.39 is 0 Å². The van der Waals surface area contributed by atoms with Crippen molar-refractivity contribution in [3.63, 3.8) is 0 Å². The van der Waals surface area contributed by atoms with Crippen molar-refractivity contribution in [2.45, 2.75) is 6.92 Å². The van der Waals surface area contributed by atoms with Gasteiger partial charge in [-0.25, -0.2) is 4.98 Å². The summed E-state index contributed by atoms with van der Waals surface area (Å²) in [5.41, 5.74) is 0. The lowest BCUT2D eigenvalue weighted by atomic mass is 10.6. The molecule has 0 unspecified atom stereocenters. The van der Waals surface area contributed by atoms with Crippen molar-refractivity contribution in [3.8, 4) is 5.95 Å². The molecule has 2 aromatic rings. The smallest absolute Gasteiger partial charge is 0.258 e. The van der Waals surface area contributed by atoms with Crippen molar-refractivity contribution in [1.82, 2.24) is 29.7 Å². The summed E-state index contributed by atoms with van der Waals surface area (Å²) in [4.78, 5) is 18.4. The molecule has 9 heteroatoms. The van der Waals surface area contributed by atoms with Crippen molar-refractivity contribution in [3.05, 3.63) is 12.7 Å². The lowest BCUT2D eigenvalue weighted by Gasteiger charge is -2.16. The van der Waals surface area contributed by atoms with Crippen LogP contribution in [0.5, 0.6) is 0 Å². The summed E-state index contributed by atoms with van der Waals surface area (Å²) in [6.07, 6.45) is 2.93. The Hall–Kier alpha value is -2.29. The lowest BCUT2D eigenvalue weighted by molar-refractivity contribution is 0.303. The molecule has 0 saturated carbocycles. The molecule has 0 aliphatic carbocycles. The number of hydrogen-bond donors (Lipinski definition) is 2. The van der Waals surface area contributed by atoms with Gasteiger partial charge >= 0.3 is 0 Å². The molecular formula is C10H16N8O. The second-order valence-electron chi connectivity index (χ2n) is 3.77. The van der Waals surface area contributed by atoms with Gasteiger partial charge < -0.3 is 15.3 Å². The first-order chi connectivity index (χ1) is 9.24. The zero-order valence-corrected chi connectivity index (χ0v) is 10.9. The maximum absolute atomic E-state index is 8.97.